The van der Waals surface area contributed by atoms with E-state index in [1.54, 1.807) is 0 Å². The van der Waals surface area contributed by atoms with Gasteiger partial charge in [-0.1, -0.05) is 28.0 Å². The zero-order chi connectivity index (χ0) is 12.3. The topological polar surface area (TPSA) is 48.2 Å². The fourth-order valence-corrected chi connectivity index (χ4v) is 1.59. The third-order valence-electron chi connectivity index (χ3n) is 2.32. The molecule has 2 aromatic rings. The van der Waals surface area contributed by atoms with E-state index in [0.717, 1.165) is 22.2 Å². The Morgan fingerprint density at radius 3 is 2.88 bits per heavy atom. The van der Waals surface area contributed by atoms with E-state index < -0.39 is 0 Å². The second-order valence-corrected chi connectivity index (χ2v) is 4.51. The molecular formula is C12H13BrN2O2. The van der Waals surface area contributed by atoms with Crippen LogP contribution >= 0.6 is 15.9 Å². The molecule has 0 aliphatic rings. The van der Waals surface area contributed by atoms with E-state index in [1.807, 2.05) is 32.0 Å². The quantitative estimate of drug-likeness (QED) is 0.869. The van der Waals surface area contributed by atoms with Crippen molar-refractivity contribution in [2.24, 2.45) is 0 Å². The van der Waals surface area contributed by atoms with Gasteiger partial charge in [0.25, 0.3) is 5.89 Å². The van der Waals surface area contributed by atoms with Gasteiger partial charge in [0.1, 0.15) is 5.75 Å². The molecule has 0 fully saturated rings. The van der Waals surface area contributed by atoms with Gasteiger partial charge in [0.2, 0.25) is 0 Å². The summed E-state index contributed by atoms with van der Waals surface area (Å²) >= 11 is 3.44. The van der Waals surface area contributed by atoms with Gasteiger partial charge in [-0.2, -0.15) is 4.98 Å². The molecule has 0 aliphatic carbocycles. The number of hydrogen-bond acceptors (Lipinski definition) is 4. The Bertz CT molecular complexity index is 511. The number of rotatable bonds is 4. The standard InChI is InChI=1S/C12H13BrN2O2/c1-3-11-14-12(17-15-11)7-16-9-4-5-10(13)8(2)6-9/h4-6H,3,7H2,1-2H3. The van der Waals surface area contributed by atoms with E-state index >= 15 is 0 Å². The van der Waals surface area contributed by atoms with Crippen LogP contribution in [0, 0.1) is 6.92 Å². The molecular weight excluding hydrogens is 284 g/mol. The van der Waals surface area contributed by atoms with Gasteiger partial charge in [0.05, 0.1) is 0 Å². The van der Waals surface area contributed by atoms with Crippen molar-refractivity contribution >= 4 is 15.9 Å². The molecule has 0 N–H and O–H groups in total. The molecule has 17 heavy (non-hydrogen) atoms. The first-order valence-electron chi connectivity index (χ1n) is 5.39. The average molecular weight is 297 g/mol. The number of hydrogen-bond donors (Lipinski definition) is 0. The van der Waals surface area contributed by atoms with E-state index in [0.29, 0.717) is 18.3 Å². The Balaban J connectivity index is 1.99. The van der Waals surface area contributed by atoms with Gasteiger partial charge in [-0.05, 0) is 30.7 Å². The Labute approximate surface area is 108 Å². The lowest BCUT2D eigenvalue weighted by molar-refractivity contribution is 0.242. The van der Waals surface area contributed by atoms with Crippen molar-refractivity contribution in [3.05, 3.63) is 40.0 Å². The van der Waals surface area contributed by atoms with Gasteiger partial charge in [-0.15, -0.1) is 0 Å². The van der Waals surface area contributed by atoms with Crippen molar-refractivity contribution < 1.29 is 9.26 Å². The minimum absolute atomic E-state index is 0.300. The van der Waals surface area contributed by atoms with Crippen molar-refractivity contribution in [2.75, 3.05) is 0 Å². The maximum absolute atomic E-state index is 5.57. The number of benzene rings is 1. The summed E-state index contributed by atoms with van der Waals surface area (Å²) in [6, 6.07) is 5.81. The van der Waals surface area contributed by atoms with E-state index in [2.05, 4.69) is 26.1 Å². The molecule has 0 unspecified atom stereocenters. The highest BCUT2D eigenvalue weighted by molar-refractivity contribution is 9.10. The minimum Gasteiger partial charge on any atom is -0.484 e. The maximum Gasteiger partial charge on any atom is 0.264 e. The van der Waals surface area contributed by atoms with Crippen molar-refractivity contribution in [1.82, 2.24) is 10.1 Å². The zero-order valence-corrected chi connectivity index (χ0v) is 11.3. The lowest BCUT2D eigenvalue weighted by atomic mass is 10.2. The van der Waals surface area contributed by atoms with Crippen molar-refractivity contribution in [2.45, 2.75) is 26.9 Å². The van der Waals surface area contributed by atoms with E-state index in [-0.39, 0.29) is 0 Å². The van der Waals surface area contributed by atoms with Gasteiger partial charge < -0.3 is 9.26 Å². The van der Waals surface area contributed by atoms with Crippen LogP contribution in [0.4, 0.5) is 0 Å². The van der Waals surface area contributed by atoms with Crippen molar-refractivity contribution in [3.8, 4) is 5.75 Å². The zero-order valence-electron chi connectivity index (χ0n) is 9.74. The molecule has 0 saturated heterocycles. The van der Waals surface area contributed by atoms with E-state index in [9.17, 15) is 0 Å². The first kappa shape index (κ1) is 12.1. The first-order chi connectivity index (χ1) is 8.19. The minimum atomic E-state index is 0.300. The SMILES string of the molecule is CCc1noc(COc2ccc(Br)c(C)c2)n1. The molecule has 1 heterocycles. The molecule has 0 atom stereocenters. The van der Waals surface area contributed by atoms with Crippen LogP contribution in [0.15, 0.2) is 27.2 Å². The van der Waals surface area contributed by atoms with Crippen LogP contribution in [0.2, 0.25) is 0 Å². The highest BCUT2D eigenvalue weighted by Gasteiger charge is 2.05. The summed E-state index contributed by atoms with van der Waals surface area (Å²) in [6.07, 6.45) is 0.765. The van der Waals surface area contributed by atoms with Gasteiger partial charge >= 0.3 is 0 Å². The van der Waals surface area contributed by atoms with Gasteiger partial charge in [0.15, 0.2) is 12.4 Å². The van der Waals surface area contributed by atoms with E-state index in [1.165, 1.54) is 0 Å². The molecule has 0 saturated carbocycles. The van der Waals surface area contributed by atoms with Crippen LogP contribution < -0.4 is 4.74 Å². The van der Waals surface area contributed by atoms with Crippen LogP contribution in [0.3, 0.4) is 0 Å². The predicted octanol–water partition coefficient (Wildman–Crippen LogP) is 3.28. The number of aromatic nitrogens is 2. The molecule has 4 nitrogen and oxygen atoms in total. The highest BCUT2D eigenvalue weighted by Crippen LogP contribution is 2.22. The second-order valence-electron chi connectivity index (χ2n) is 3.66. The van der Waals surface area contributed by atoms with Gasteiger partial charge in [0, 0.05) is 10.9 Å². The molecule has 0 bridgehead atoms. The molecule has 1 aromatic heterocycles. The second kappa shape index (κ2) is 5.31. The molecule has 1 aromatic carbocycles. The summed E-state index contributed by atoms with van der Waals surface area (Å²) < 4.78 is 11.7. The maximum atomic E-state index is 5.57. The van der Waals surface area contributed by atoms with Crippen molar-refractivity contribution in [1.29, 1.82) is 0 Å². The molecule has 0 aliphatic heterocycles. The molecule has 0 spiro atoms. The molecule has 2 rings (SSSR count). The van der Waals surface area contributed by atoms with Gasteiger partial charge in [-0.3, -0.25) is 0 Å². The van der Waals surface area contributed by atoms with Crippen LogP contribution in [0.1, 0.15) is 24.2 Å². The molecule has 5 heteroatoms. The van der Waals surface area contributed by atoms with Crippen LogP contribution in [-0.4, -0.2) is 10.1 Å². The summed E-state index contributed by atoms with van der Waals surface area (Å²) in [4.78, 5) is 4.17. The number of aryl methyl sites for hydroxylation is 2. The Morgan fingerprint density at radius 1 is 1.41 bits per heavy atom. The van der Waals surface area contributed by atoms with Crippen LogP contribution in [-0.2, 0) is 13.0 Å². The lowest BCUT2D eigenvalue weighted by Crippen LogP contribution is -1.96. The third kappa shape index (κ3) is 3.06. The van der Waals surface area contributed by atoms with Crippen molar-refractivity contribution in [3.63, 3.8) is 0 Å². The summed E-state index contributed by atoms with van der Waals surface area (Å²) in [7, 11) is 0. The van der Waals surface area contributed by atoms with E-state index in [4.69, 9.17) is 9.26 Å². The molecule has 90 valence electrons. The fraction of sp³-hybridized carbons (Fsp3) is 0.333. The molecule has 0 amide bonds. The third-order valence-corrected chi connectivity index (χ3v) is 3.21. The number of halogens is 1. The number of nitrogens with zero attached hydrogens (tertiary/aromatic N) is 2. The Hall–Kier alpha value is -1.36. The fourth-order valence-electron chi connectivity index (χ4n) is 1.34. The highest BCUT2D eigenvalue weighted by atomic mass is 79.9. The van der Waals surface area contributed by atoms with Crippen LogP contribution in [0.5, 0.6) is 5.75 Å². The van der Waals surface area contributed by atoms with Crippen LogP contribution in [0.25, 0.3) is 0 Å². The molecule has 0 radical (unpaired) electrons. The number of ether oxygens (including phenoxy) is 1. The Morgan fingerprint density at radius 2 is 2.24 bits per heavy atom. The first-order valence-corrected chi connectivity index (χ1v) is 6.18. The lowest BCUT2D eigenvalue weighted by Gasteiger charge is -2.05. The van der Waals surface area contributed by atoms with Gasteiger partial charge in [-0.25, -0.2) is 0 Å². The summed E-state index contributed by atoms with van der Waals surface area (Å²) in [5.74, 6) is 2.00. The predicted molar refractivity (Wildman–Crippen MR) is 66.9 cm³/mol. The average Bonchev–Trinajstić information content (AvgIpc) is 2.79. The summed E-state index contributed by atoms with van der Waals surface area (Å²) in [5.41, 5.74) is 1.13. The summed E-state index contributed by atoms with van der Waals surface area (Å²) in [6.45, 7) is 4.29. The monoisotopic (exact) mass is 296 g/mol. The summed E-state index contributed by atoms with van der Waals surface area (Å²) in [5, 5.41) is 3.81. The Kier molecular flexibility index (Phi) is 3.78. The normalized spacial score (nSPS) is 10.5. The largest absolute Gasteiger partial charge is 0.484 e. The smallest absolute Gasteiger partial charge is 0.264 e.